The van der Waals surface area contributed by atoms with Gasteiger partial charge < -0.3 is 25.6 Å². The molecule has 0 aliphatic rings. The Morgan fingerprint density at radius 1 is 0.585 bits per heavy atom. The van der Waals surface area contributed by atoms with E-state index in [1.807, 2.05) is 24.3 Å². The summed E-state index contributed by atoms with van der Waals surface area (Å²) in [6, 6.07) is -1.39. The summed E-state index contributed by atoms with van der Waals surface area (Å²) in [6.45, 7) is 3.31. The molecule has 0 aromatic rings. The number of aliphatic carboxylic acids is 1. The summed E-state index contributed by atoms with van der Waals surface area (Å²) in [6.07, 6.45) is 43.9. The number of hydrogen-bond donors (Lipinski definition) is 4. The fraction of sp³-hybridized carbons (Fsp3) is 0.773. The maximum absolute atomic E-state index is 12.6. The van der Waals surface area contributed by atoms with Crippen LogP contribution in [-0.2, 0) is 23.9 Å². The smallest absolute Gasteiger partial charge is 0.328 e. The number of esters is 1. The zero-order valence-corrected chi connectivity index (χ0v) is 33.8. The molecule has 0 saturated carbocycles. The predicted molar refractivity (Wildman–Crippen MR) is 218 cm³/mol. The van der Waals surface area contributed by atoms with E-state index >= 15 is 0 Å². The summed E-state index contributed by atoms with van der Waals surface area (Å²) in [7, 11) is 0. The Balaban J connectivity index is 4.04. The Kier molecular flexibility index (Phi) is 36.6. The maximum Gasteiger partial charge on any atom is 0.328 e. The van der Waals surface area contributed by atoms with Crippen molar-refractivity contribution in [1.29, 1.82) is 0 Å². The number of carbonyl (C=O) groups excluding carboxylic acids is 3. The molecule has 9 heteroatoms. The molecule has 0 rings (SSSR count). The molecule has 4 N–H and O–H groups in total. The Labute approximate surface area is 323 Å². The quantitative estimate of drug-likeness (QED) is 0.0280. The lowest BCUT2D eigenvalue weighted by molar-refractivity contribution is -0.145. The van der Waals surface area contributed by atoms with E-state index in [4.69, 9.17) is 14.9 Å². The van der Waals surface area contributed by atoms with Gasteiger partial charge in [-0.2, -0.15) is 0 Å². The second kappa shape index (κ2) is 38.8. The van der Waals surface area contributed by atoms with Crippen LogP contribution in [0, 0.1) is 0 Å². The number of aliphatic hydroxyl groups is 1. The van der Waals surface area contributed by atoms with Crippen molar-refractivity contribution in [3.8, 4) is 0 Å². The van der Waals surface area contributed by atoms with Gasteiger partial charge in [0.25, 0.3) is 0 Å². The van der Waals surface area contributed by atoms with Crippen LogP contribution in [0.2, 0.25) is 0 Å². The van der Waals surface area contributed by atoms with E-state index in [0.29, 0.717) is 12.8 Å². The van der Waals surface area contributed by atoms with Crippen molar-refractivity contribution in [2.45, 2.75) is 206 Å². The third-order valence-corrected chi connectivity index (χ3v) is 9.36. The average molecular weight is 747 g/mol. The Bertz CT molecular complexity index is 994. The van der Waals surface area contributed by atoms with Crippen molar-refractivity contribution in [2.75, 3.05) is 13.2 Å². The van der Waals surface area contributed by atoms with Crippen LogP contribution in [0.5, 0.6) is 0 Å². The molecular weight excluding hydrogens is 668 g/mol. The van der Waals surface area contributed by atoms with Crippen LogP contribution in [-0.4, -0.2) is 59.3 Å². The molecular formula is C44H78N2O7. The van der Waals surface area contributed by atoms with Gasteiger partial charge in [0.15, 0.2) is 0 Å². The number of nitrogens with one attached hydrogen (secondary N) is 2. The fourth-order valence-corrected chi connectivity index (χ4v) is 6.09. The van der Waals surface area contributed by atoms with Gasteiger partial charge >= 0.3 is 11.9 Å². The highest BCUT2D eigenvalue weighted by Gasteiger charge is 2.18. The number of carboxylic acids is 1. The molecule has 2 atom stereocenters. The maximum atomic E-state index is 12.6. The van der Waals surface area contributed by atoms with Crippen LogP contribution in [0.15, 0.2) is 36.5 Å². The minimum Gasteiger partial charge on any atom is -0.480 e. The molecule has 9 nitrogen and oxygen atoms in total. The van der Waals surface area contributed by atoms with Crippen LogP contribution in [0.1, 0.15) is 194 Å². The highest BCUT2D eigenvalue weighted by atomic mass is 16.5. The molecule has 0 saturated heterocycles. The van der Waals surface area contributed by atoms with E-state index in [1.165, 1.54) is 116 Å². The zero-order valence-electron chi connectivity index (χ0n) is 33.8. The molecule has 0 aliphatic heterocycles. The standard InChI is InChI=1S/C44H78N2O7/c1-3-5-7-9-10-11-12-13-14-15-16-17-18-19-20-21-22-23-28-32-36-43(50)53-39(33-29-25-8-6-4-2)34-30-26-24-27-31-35-41(48)45-37-42(49)46-40(38-47)44(51)52/h6,8,29-30,33-34,39-40,47H,3-5,7,9-28,31-32,35-38H2,1-2H3,(H,45,48)(H,46,49)(H,51,52)/b8-6-,33-29-,34-30-. The van der Waals surface area contributed by atoms with Crippen LogP contribution in [0.3, 0.4) is 0 Å². The van der Waals surface area contributed by atoms with E-state index in [0.717, 1.165) is 44.9 Å². The molecule has 0 radical (unpaired) electrons. The minimum absolute atomic E-state index is 0.162. The van der Waals surface area contributed by atoms with E-state index in [1.54, 1.807) is 0 Å². The topological polar surface area (TPSA) is 142 Å². The van der Waals surface area contributed by atoms with E-state index in [-0.39, 0.29) is 24.8 Å². The molecule has 306 valence electrons. The van der Waals surface area contributed by atoms with E-state index in [2.05, 4.69) is 36.6 Å². The summed E-state index contributed by atoms with van der Waals surface area (Å²) in [5.74, 6) is -2.46. The van der Waals surface area contributed by atoms with Crippen molar-refractivity contribution < 1.29 is 34.1 Å². The van der Waals surface area contributed by atoms with Crippen molar-refractivity contribution in [3.05, 3.63) is 36.5 Å². The Morgan fingerprint density at radius 2 is 1.08 bits per heavy atom. The lowest BCUT2D eigenvalue weighted by atomic mass is 10.0. The molecule has 2 unspecified atom stereocenters. The number of carbonyl (C=O) groups is 4. The molecule has 0 aliphatic carbocycles. The molecule has 0 heterocycles. The first-order valence-corrected chi connectivity index (χ1v) is 21.4. The molecule has 2 amide bonds. The lowest BCUT2D eigenvalue weighted by Crippen LogP contribution is -2.47. The molecule has 0 fully saturated rings. The average Bonchev–Trinajstić information content (AvgIpc) is 3.14. The molecule has 0 bridgehead atoms. The second-order valence-corrected chi connectivity index (χ2v) is 14.4. The summed E-state index contributed by atoms with van der Waals surface area (Å²) in [4.78, 5) is 47.2. The first-order chi connectivity index (χ1) is 25.8. The highest BCUT2D eigenvalue weighted by Crippen LogP contribution is 2.15. The van der Waals surface area contributed by atoms with Crippen LogP contribution < -0.4 is 10.6 Å². The van der Waals surface area contributed by atoms with Crippen LogP contribution in [0.25, 0.3) is 0 Å². The zero-order chi connectivity index (χ0) is 39.0. The summed E-state index contributed by atoms with van der Waals surface area (Å²) in [5.41, 5.74) is 0. The van der Waals surface area contributed by atoms with Gasteiger partial charge in [-0.25, -0.2) is 4.79 Å². The van der Waals surface area contributed by atoms with E-state index < -0.39 is 30.6 Å². The normalized spacial score (nSPS) is 12.8. The third-order valence-electron chi connectivity index (χ3n) is 9.36. The van der Waals surface area contributed by atoms with E-state index in [9.17, 15) is 19.2 Å². The number of ether oxygens (including phenoxy) is 1. The summed E-state index contributed by atoms with van der Waals surface area (Å²) < 4.78 is 5.78. The van der Waals surface area contributed by atoms with Crippen molar-refractivity contribution in [3.63, 3.8) is 0 Å². The molecule has 0 aromatic carbocycles. The largest absolute Gasteiger partial charge is 0.480 e. The van der Waals surface area contributed by atoms with Gasteiger partial charge in [-0.1, -0.05) is 167 Å². The number of amides is 2. The van der Waals surface area contributed by atoms with Crippen molar-refractivity contribution in [1.82, 2.24) is 10.6 Å². The number of carboxylic acid groups (broad SMARTS) is 1. The molecule has 0 spiro atoms. The first kappa shape index (κ1) is 50.1. The predicted octanol–water partition coefficient (Wildman–Crippen LogP) is 10.2. The second-order valence-electron chi connectivity index (χ2n) is 14.4. The van der Waals surface area contributed by atoms with Gasteiger partial charge in [-0.15, -0.1) is 0 Å². The SMILES string of the molecule is CC/C=C\C/C=C\C(/C=C\CCCCCC(=O)NCC(=O)NC(CO)C(=O)O)OC(=O)CCCCCCCCCCCCCCCCCCCCCC. The molecule has 0 aromatic heterocycles. The van der Waals surface area contributed by atoms with Gasteiger partial charge in [-0.3, -0.25) is 14.4 Å². The Morgan fingerprint density at radius 3 is 1.58 bits per heavy atom. The summed E-state index contributed by atoms with van der Waals surface area (Å²) in [5, 5.41) is 22.4. The van der Waals surface area contributed by atoms with Gasteiger partial charge in [0.1, 0.15) is 12.1 Å². The third kappa shape index (κ3) is 35.8. The number of allylic oxidation sites excluding steroid dienone is 4. The summed E-state index contributed by atoms with van der Waals surface area (Å²) >= 11 is 0. The lowest BCUT2D eigenvalue weighted by Gasteiger charge is -2.12. The van der Waals surface area contributed by atoms with Crippen molar-refractivity contribution in [2.24, 2.45) is 0 Å². The van der Waals surface area contributed by atoms with Crippen LogP contribution in [0.4, 0.5) is 0 Å². The Hall–Kier alpha value is -2.94. The first-order valence-electron chi connectivity index (χ1n) is 21.4. The fourth-order valence-electron chi connectivity index (χ4n) is 6.09. The van der Waals surface area contributed by atoms with Crippen LogP contribution >= 0.6 is 0 Å². The molecule has 53 heavy (non-hydrogen) atoms. The highest BCUT2D eigenvalue weighted by molar-refractivity contribution is 5.87. The number of rotatable bonds is 38. The van der Waals surface area contributed by atoms with Crippen molar-refractivity contribution >= 4 is 23.8 Å². The van der Waals surface area contributed by atoms with Gasteiger partial charge in [0, 0.05) is 12.8 Å². The monoisotopic (exact) mass is 747 g/mol. The number of aliphatic hydroxyl groups excluding tert-OH is 1. The number of unbranched alkanes of at least 4 members (excludes halogenated alkanes) is 22. The van der Waals surface area contributed by atoms with Gasteiger partial charge in [0.2, 0.25) is 11.8 Å². The van der Waals surface area contributed by atoms with Gasteiger partial charge in [-0.05, 0) is 50.7 Å². The number of hydrogen-bond acceptors (Lipinski definition) is 6. The van der Waals surface area contributed by atoms with Gasteiger partial charge in [0.05, 0.1) is 13.2 Å². The minimum atomic E-state index is -1.39.